The average Bonchev–Trinajstić information content (AvgIpc) is 2.20. The molecule has 1 aromatic heterocycles. The van der Waals surface area contributed by atoms with Crippen molar-refractivity contribution in [1.29, 1.82) is 0 Å². The first-order valence-electron chi connectivity index (χ1n) is 4.93. The van der Waals surface area contributed by atoms with E-state index in [0.717, 1.165) is 36.6 Å². The third-order valence-electron chi connectivity index (χ3n) is 1.95. The summed E-state index contributed by atoms with van der Waals surface area (Å²) < 4.78 is 5.58. The second kappa shape index (κ2) is 5.86. The quantitative estimate of drug-likeness (QED) is 0.553. The Labute approximate surface area is 90.3 Å². The van der Waals surface area contributed by atoms with Crippen LogP contribution in [0.25, 0.3) is 0 Å². The fourth-order valence-corrected chi connectivity index (χ4v) is 1.34. The number of hydrogen-bond donors (Lipinski definition) is 0. The minimum atomic E-state index is 0.406. The third-order valence-corrected chi connectivity index (χ3v) is 2.21. The Morgan fingerprint density at radius 1 is 1.43 bits per heavy atom. The molecule has 0 saturated carbocycles. The maximum atomic E-state index is 5.77. The van der Waals surface area contributed by atoms with Gasteiger partial charge in [0.2, 0.25) is 0 Å². The molecule has 0 spiro atoms. The summed E-state index contributed by atoms with van der Waals surface area (Å²) in [5.74, 6) is 1.22. The number of alkyl halides is 1. The van der Waals surface area contributed by atoms with Crippen LogP contribution in [0.2, 0.25) is 0 Å². The van der Waals surface area contributed by atoms with Gasteiger partial charge in [0.05, 0.1) is 18.2 Å². The van der Waals surface area contributed by atoms with Crippen LogP contribution in [-0.2, 0) is 5.88 Å². The van der Waals surface area contributed by atoms with Gasteiger partial charge in [0.15, 0.2) is 0 Å². The summed E-state index contributed by atoms with van der Waals surface area (Å²) >= 11 is 5.77. The van der Waals surface area contributed by atoms with E-state index in [0.29, 0.717) is 5.88 Å². The first kappa shape index (κ1) is 11.3. The Hall–Kier alpha value is -0.760. The zero-order chi connectivity index (χ0) is 10.4. The molecule has 1 aromatic rings. The molecule has 78 valence electrons. The lowest BCUT2D eigenvalue weighted by atomic mass is 10.3. The van der Waals surface area contributed by atoms with Gasteiger partial charge in [0, 0.05) is 5.69 Å². The number of ether oxygens (including phenoxy) is 1. The predicted molar refractivity (Wildman–Crippen MR) is 58.9 cm³/mol. The van der Waals surface area contributed by atoms with E-state index in [1.165, 1.54) is 0 Å². The van der Waals surface area contributed by atoms with Gasteiger partial charge in [-0.1, -0.05) is 13.3 Å². The number of rotatable bonds is 5. The van der Waals surface area contributed by atoms with Gasteiger partial charge < -0.3 is 4.74 Å². The zero-order valence-electron chi connectivity index (χ0n) is 8.72. The molecule has 0 N–H and O–H groups in total. The Morgan fingerprint density at radius 3 is 2.86 bits per heavy atom. The van der Waals surface area contributed by atoms with Crippen LogP contribution in [0.1, 0.15) is 31.2 Å². The van der Waals surface area contributed by atoms with Crippen LogP contribution in [0.15, 0.2) is 12.1 Å². The first-order valence-corrected chi connectivity index (χ1v) is 5.46. The van der Waals surface area contributed by atoms with Crippen LogP contribution in [-0.4, -0.2) is 11.6 Å². The summed E-state index contributed by atoms with van der Waals surface area (Å²) in [5, 5.41) is 0. The highest BCUT2D eigenvalue weighted by atomic mass is 35.5. The molecule has 0 aliphatic carbocycles. The molecule has 0 aliphatic rings. The lowest BCUT2D eigenvalue weighted by Gasteiger charge is -2.09. The van der Waals surface area contributed by atoms with Gasteiger partial charge in [0.1, 0.15) is 5.75 Å². The van der Waals surface area contributed by atoms with E-state index in [2.05, 4.69) is 11.9 Å². The fourth-order valence-electron chi connectivity index (χ4n) is 1.15. The van der Waals surface area contributed by atoms with E-state index in [4.69, 9.17) is 16.3 Å². The maximum Gasteiger partial charge on any atom is 0.142 e. The fraction of sp³-hybridized carbons (Fsp3) is 0.545. The summed E-state index contributed by atoms with van der Waals surface area (Å²) in [6, 6.07) is 3.88. The van der Waals surface area contributed by atoms with Crippen LogP contribution < -0.4 is 4.74 Å². The Bertz CT molecular complexity index is 289. The molecule has 0 saturated heterocycles. The number of hydrogen-bond acceptors (Lipinski definition) is 2. The van der Waals surface area contributed by atoms with E-state index in [1.54, 1.807) is 0 Å². The van der Waals surface area contributed by atoms with Crippen molar-refractivity contribution in [3.8, 4) is 5.75 Å². The van der Waals surface area contributed by atoms with Crippen molar-refractivity contribution in [1.82, 2.24) is 4.98 Å². The highest BCUT2D eigenvalue weighted by Crippen LogP contribution is 2.18. The minimum absolute atomic E-state index is 0.406. The predicted octanol–water partition coefficient (Wildman–Crippen LogP) is 3.31. The smallest absolute Gasteiger partial charge is 0.142 e. The van der Waals surface area contributed by atoms with Crippen molar-refractivity contribution in [3.05, 3.63) is 23.5 Å². The van der Waals surface area contributed by atoms with Crippen molar-refractivity contribution in [2.75, 3.05) is 6.61 Å². The molecule has 14 heavy (non-hydrogen) atoms. The van der Waals surface area contributed by atoms with Gasteiger partial charge in [-0.3, -0.25) is 4.98 Å². The van der Waals surface area contributed by atoms with Gasteiger partial charge >= 0.3 is 0 Å². The summed E-state index contributed by atoms with van der Waals surface area (Å²) in [4.78, 5) is 4.31. The van der Waals surface area contributed by atoms with Crippen molar-refractivity contribution < 1.29 is 4.74 Å². The topological polar surface area (TPSA) is 22.1 Å². The van der Waals surface area contributed by atoms with E-state index in [-0.39, 0.29) is 0 Å². The largest absolute Gasteiger partial charge is 0.492 e. The minimum Gasteiger partial charge on any atom is -0.492 e. The number of pyridine rings is 1. The van der Waals surface area contributed by atoms with Crippen LogP contribution in [0, 0.1) is 6.92 Å². The van der Waals surface area contributed by atoms with Crippen molar-refractivity contribution in [2.24, 2.45) is 0 Å². The lowest BCUT2D eigenvalue weighted by molar-refractivity contribution is 0.305. The second-order valence-corrected chi connectivity index (χ2v) is 3.50. The van der Waals surface area contributed by atoms with E-state index < -0.39 is 0 Å². The van der Waals surface area contributed by atoms with Crippen LogP contribution in [0.4, 0.5) is 0 Å². The normalized spacial score (nSPS) is 10.2. The molecule has 0 bridgehead atoms. The van der Waals surface area contributed by atoms with Crippen molar-refractivity contribution >= 4 is 11.6 Å². The summed E-state index contributed by atoms with van der Waals surface area (Å²) in [6.07, 6.45) is 2.20. The second-order valence-electron chi connectivity index (χ2n) is 3.23. The maximum absolute atomic E-state index is 5.77. The van der Waals surface area contributed by atoms with Crippen molar-refractivity contribution in [3.63, 3.8) is 0 Å². The summed E-state index contributed by atoms with van der Waals surface area (Å²) in [5.41, 5.74) is 1.81. The molecule has 0 aromatic carbocycles. The number of aryl methyl sites for hydroxylation is 1. The van der Waals surface area contributed by atoms with E-state index >= 15 is 0 Å². The third kappa shape index (κ3) is 3.18. The Morgan fingerprint density at radius 2 is 2.21 bits per heavy atom. The molecule has 0 unspecified atom stereocenters. The van der Waals surface area contributed by atoms with Crippen LogP contribution >= 0.6 is 11.6 Å². The highest BCUT2D eigenvalue weighted by molar-refractivity contribution is 6.17. The molecule has 1 rings (SSSR count). The number of unbranched alkanes of at least 4 members (excludes halogenated alkanes) is 1. The van der Waals surface area contributed by atoms with E-state index in [9.17, 15) is 0 Å². The molecule has 3 heteroatoms. The number of nitrogens with zero attached hydrogens (tertiary/aromatic N) is 1. The first-order chi connectivity index (χ1) is 6.77. The number of halogens is 1. The standard InChI is InChI=1S/C11H16ClNO/c1-3-4-7-14-11-6-5-9(2)13-10(11)8-12/h5-6H,3-4,7-8H2,1-2H3. The highest BCUT2D eigenvalue weighted by Gasteiger charge is 2.03. The molecule has 0 aliphatic heterocycles. The van der Waals surface area contributed by atoms with Gasteiger partial charge in [0.25, 0.3) is 0 Å². The van der Waals surface area contributed by atoms with Gasteiger partial charge in [-0.05, 0) is 25.5 Å². The Balaban J connectivity index is 2.65. The Kier molecular flexibility index (Phi) is 4.74. The molecular formula is C11H16ClNO. The summed E-state index contributed by atoms with van der Waals surface area (Å²) in [7, 11) is 0. The van der Waals surface area contributed by atoms with E-state index in [1.807, 2.05) is 19.1 Å². The molecule has 0 atom stereocenters. The number of aromatic nitrogens is 1. The van der Waals surface area contributed by atoms with Gasteiger partial charge in [-0.15, -0.1) is 11.6 Å². The van der Waals surface area contributed by atoms with Crippen LogP contribution in [0.3, 0.4) is 0 Å². The van der Waals surface area contributed by atoms with Gasteiger partial charge in [-0.2, -0.15) is 0 Å². The van der Waals surface area contributed by atoms with Gasteiger partial charge in [-0.25, -0.2) is 0 Å². The molecular weight excluding hydrogens is 198 g/mol. The summed E-state index contributed by atoms with van der Waals surface area (Å²) in [6.45, 7) is 4.83. The monoisotopic (exact) mass is 213 g/mol. The lowest BCUT2D eigenvalue weighted by Crippen LogP contribution is -2.01. The average molecular weight is 214 g/mol. The zero-order valence-corrected chi connectivity index (χ0v) is 9.47. The molecule has 0 amide bonds. The van der Waals surface area contributed by atoms with Crippen molar-refractivity contribution in [2.45, 2.75) is 32.6 Å². The molecule has 0 fully saturated rings. The molecule has 1 heterocycles. The molecule has 2 nitrogen and oxygen atoms in total. The van der Waals surface area contributed by atoms with Crippen LogP contribution in [0.5, 0.6) is 5.75 Å². The molecule has 0 radical (unpaired) electrons. The SMILES string of the molecule is CCCCOc1ccc(C)nc1CCl.